The number of nitrogens with zero attached hydrogens (tertiary/aromatic N) is 2. The van der Waals surface area contributed by atoms with Crippen molar-refractivity contribution in [3.05, 3.63) is 94.0 Å². The highest BCUT2D eigenvalue weighted by Gasteiger charge is 2.44. The van der Waals surface area contributed by atoms with Crippen LogP contribution in [-0.2, 0) is 0 Å². The lowest BCUT2D eigenvalue weighted by Gasteiger charge is -2.29. The average Bonchev–Trinajstić information content (AvgIpc) is 3.16. The second-order valence-corrected chi connectivity index (χ2v) is 9.11. The van der Waals surface area contributed by atoms with Gasteiger partial charge in [-0.15, -0.1) is 11.8 Å². The van der Waals surface area contributed by atoms with Crippen molar-refractivity contribution in [2.24, 2.45) is 11.0 Å². The van der Waals surface area contributed by atoms with Crippen molar-refractivity contribution in [3.8, 4) is 0 Å². The third kappa shape index (κ3) is 3.58. The summed E-state index contributed by atoms with van der Waals surface area (Å²) in [6.45, 7) is 0. The topological polar surface area (TPSA) is 44.7 Å². The molecule has 30 heavy (non-hydrogen) atoms. The van der Waals surface area contributed by atoms with Gasteiger partial charge in [0.15, 0.2) is 0 Å². The fourth-order valence-corrected chi connectivity index (χ4v) is 5.35. The monoisotopic (exact) mass is 453 g/mol. The molecule has 3 aromatic carbocycles. The van der Waals surface area contributed by atoms with Gasteiger partial charge in [-0.3, -0.25) is 0 Å². The molecule has 150 valence electrons. The Kier molecular flexibility index (Phi) is 5.19. The fourth-order valence-electron chi connectivity index (χ4n) is 3.90. The van der Waals surface area contributed by atoms with E-state index in [4.69, 9.17) is 28.3 Å². The summed E-state index contributed by atoms with van der Waals surface area (Å²) in [5, 5.41) is 10.6. The Morgan fingerprint density at radius 2 is 1.63 bits per heavy atom. The number of carbonyl (C=O) groups is 1. The van der Waals surface area contributed by atoms with Gasteiger partial charge in [0.05, 0.1) is 11.8 Å². The number of rotatable bonds is 2. The molecule has 4 nitrogen and oxygen atoms in total. The van der Waals surface area contributed by atoms with E-state index in [2.05, 4.69) is 17.4 Å². The van der Waals surface area contributed by atoms with E-state index in [1.807, 2.05) is 36.4 Å². The number of halogens is 2. The molecule has 1 N–H and O–H groups in total. The van der Waals surface area contributed by atoms with Crippen LogP contribution < -0.4 is 5.32 Å². The van der Waals surface area contributed by atoms with Gasteiger partial charge in [-0.1, -0.05) is 53.5 Å². The van der Waals surface area contributed by atoms with Crippen LogP contribution in [0.3, 0.4) is 0 Å². The number of carbonyl (C=O) groups excluding carboxylic acids is 1. The van der Waals surface area contributed by atoms with E-state index in [1.54, 1.807) is 41.0 Å². The van der Waals surface area contributed by atoms with E-state index in [0.29, 0.717) is 15.7 Å². The smallest absolute Gasteiger partial charge is 0.306 e. The molecule has 5 rings (SSSR count). The third-order valence-electron chi connectivity index (χ3n) is 5.31. The molecule has 2 aliphatic heterocycles. The maximum atomic E-state index is 13.2. The molecular formula is C23H17Cl2N3OS. The average molecular weight is 454 g/mol. The number of hydrazone groups is 1. The lowest BCUT2D eigenvalue weighted by atomic mass is 9.88. The second kappa shape index (κ2) is 7.99. The van der Waals surface area contributed by atoms with Crippen LogP contribution in [0.2, 0.25) is 10.0 Å². The van der Waals surface area contributed by atoms with Crippen LogP contribution in [0.1, 0.15) is 17.2 Å². The van der Waals surface area contributed by atoms with Gasteiger partial charge in [-0.2, -0.15) is 5.10 Å². The van der Waals surface area contributed by atoms with Crippen molar-refractivity contribution in [1.29, 1.82) is 0 Å². The number of fused-ring (bicyclic) bond motifs is 3. The van der Waals surface area contributed by atoms with Crippen molar-refractivity contribution in [1.82, 2.24) is 5.01 Å². The van der Waals surface area contributed by atoms with E-state index < -0.39 is 0 Å². The van der Waals surface area contributed by atoms with Gasteiger partial charge in [0, 0.05) is 37.9 Å². The van der Waals surface area contributed by atoms with Gasteiger partial charge in [0.2, 0.25) is 0 Å². The van der Waals surface area contributed by atoms with Crippen LogP contribution in [0.15, 0.2) is 82.8 Å². The molecule has 0 saturated carbocycles. The summed E-state index contributed by atoms with van der Waals surface area (Å²) in [6, 6.07) is 22.4. The molecule has 7 heteroatoms. The van der Waals surface area contributed by atoms with Crippen molar-refractivity contribution < 1.29 is 4.79 Å². The molecule has 2 unspecified atom stereocenters. The minimum Gasteiger partial charge on any atom is -0.306 e. The standard InChI is InChI=1S/C23H17Cl2N3OS/c24-15-7-5-14(6-8-15)22-19-13-30-20-4-2-1-3-18(20)21(19)27-28(22)23(29)26-17-11-9-16(25)10-12-17/h1-12,19,22H,13H2,(H,26,29). The normalized spacial score (nSPS) is 19.7. The minimum atomic E-state index is -0.276. The van der Waals surface area contributed by atoms with Gasteiger partial charge in [-0.05, 0) is 48.0 Å². The van der Waals surface area contributed by atoms with Crippen LogP contribution in [0.4, 0.5) is 10.5 Å². The first-order valence-corrected chi connectivity index (χ1v) is 11.3. The zero-order valence-corrected chi connectivity index (χ0v) is 18.1. The molecule has 0 radical (unpaired) electrons. The highest BCUT2D eigenvalue weighted by Crippen LogP contribution is 2.45. The maximum Gasteiger partial charge on any atom is 0.342 e. The number of hydrogen-bond donors (Lipinski definition) is 1. The number of thioether (sulfide) groups is 1. The lowest BCUT2D eigenvalue weighted by Crippen LogP contribution is -2.35. The summed E-state index contributed by atoms with van der Waals surface area (Å²) in [5.41, 5.74) is 3.73. The Balaban J connectivity index is 1.53. The molecule has 0 saturated heterocycles. The van der Waals surface area contributed by atoms with Crippen LogP contribution in [-0.4, -0.2) is 22.5 Å². The molecule has 2 aliphatic rings. The molecule has 3 aromatic rings. The molecule has 0 aromatic heterocycles. The second-order valence-electron chi connectivity index (χ2n) is 7.18. The Hall–Kier alpha value is -2.47. The highest BCUT2D eigenvalue weighted by molar-refractivity contribution is 7.99. The van der Waals surface area contributed by atoms with E-state index in [0.717, 1.165) is 22.6 Å². The lowest BCUT2D eigenvalue weighted by molar-refractivity contribution is 0.192. The predicted octanol–water partition coefficient (Wildman–Crippen LogP) is 6.71. The van der Waals surface area contributed by atoms with Gasteiger partial charge < -0.3 is 5.32 Å². The van der Waals surface area contributed by atoms with Gasteiger partial charge >= 0.3 is 6.03 Å². The predicted molar refractivity (Wildman–Crippen MR) is 124 cm³/mol. The highest BCUT2D eigenvalue weighted by atomic mass is 35.5. The molecule has 0 fully saturated rings. The van der Waals surface area contributed by atoms with Gasteiger partial charge in [0.1, 0.15) is 0 Å². The molecular weight excluding hydrogens is 437 g/mol. The summed E-state index contributed by atoms with van der Waals surface area (Å²) in [6.07, 6.45) is 0. The first kappa shape index (κ1) is 19.5. The van der Waals surface area contributed by atoms with Crippen molar-refractivity contribution in [2.75, 3.05) is 11.1 Å². The fraction of sp³-hybridized carbons (Fsp3) is 0.130. The number of hydrogen-bond acceptors (Lipinski definition) is 3. The Labute approximate surface area is 188 Å². The van der Waals surface area contributed by atoms with Crippen molar-refractivity contribution in [2.45, 2.75) is 10.9 Å². The molecule has 0 aliphatic carbocycles. The number of amides is 2. The van der Waals surface area contributed by atoms with E-state index in [9.17, 15) is 4.79 Å². The van der Waals surface area contributed by atoms with E-state index in [1.165, 1.54) is 4.90 Å². The first-order chi connectivity index (χ1) is 14.6. The Bertz CT molecular complexity index is 1130. The molecule has 2 atom stereocenters. The molecule has 2 heterocycles. The largest absolute Gasteiger partial charge is 0.342 e. The van der Waals surface area contributed by atoms with Crippen molar-refractivity contribution >= 4 is 52.4 Å². The first-order valence-electron chi connectivity index (χ1n) is 9.52. The zero-order valence-electron chi connectivity index (χ0n) is 15.8. The Morgan fingerprint density at radius 1 is 0.967 bits per heavy atom. The number of benzene rings is 3. The summed E-state index contributed by atoms with van der Waals surface area (Å²) in [5.74, 6) is 0.954. The zero-order chi connectivity index (χ0) is 20.7. The minimum absolute atomic E-state index is 0.0991. The SMILES string of the molecule is O=C(Nc1ccc(Cl)cc1)N1N=C2c3ccccc3SCC2C1c1ccc(Cl)cc1. The van der Waals surface area contributed by atoms with E-state index in [-0.39, 0.29) is 18.0 Å². The van der Waals surface area contributed by atoms with Crippen LogP contribution in [0, 0.1) is 5.92 Å². The number of anilines is 1. The van der Waals surface area contributed by atoms with E-state index >= 15 is 0 Å². The van der Waals surface area contributed by atoms with Crippen LogP contribution >= 0.6 is 35.0 Å². The molecule has 2 amide bonds. The molecule has 0 bridgehead atoms. The molecule has 0 spiro atoms. The quantitative estimate of drug-likeness (QED) is 0.468. The van der Waals surface area contributed by atoms with Crippen molar-refractivity contribution in [3.63, 3.8) is 0 Å². The number of urea groups is 1. The summed E-state index contributed by atoms with van der Waals surface area (Å²) in [4.78, 5) is 14.4. The summed E-state index contributed by atoms with van der Waals surface area (Å²) in [7, 11) is 0. The van der Waals surface area contributed by atoms with Crippen LogP contribution in [0.5, 0.6) is 0 Å². The van der Waals surface area contributed by atoms with Crippen LogP contribution in [0.25, 0.3) is 0 Å². The van der Waals surface area contributed by atoms with Gasteiger partial charge in [0.25, 0.3) is 0 Å². The number of nitrogens with one attached hydrogen (secondary N) is 1. The third-order valence-corrected chi connectivity index (χ3v) is 7.00. The summed E-state index contributed by atoms with van der Waals surface area (Å²) >= 11 is 13.9. The maximum absolute atomic E-state index is 13.2. The van der Waals surface area contributed by atoms with Gasteiger partial charge in [-0.25, -0.2) is 9.80 Å². The Morgan fingerprint density at radius 3 is 2.37 bits per heavy atom. The summed E-state index contributed by atoms with van der Waals surface area (Å²) < 4.78 is 0.